The Kier molecular flexibility index (Phi) is 2.68. The van der Waals surface area contributed by atoms with Crippen LogP contribution in [0.5, 0.6) is 5.75 Å². The van der Waals surface area contributed by atoms with Gasteiger partial charge in [0.25, 0.3) is 5.91 Å². The molecule has 3 rings (SSSR count). The number of carbonyl (C=O) groups excluding carboxylic acids is 1. The summed E-state index contributed by atoms with van der Waals surface area (Å²) >= 11 is 0. The average Bonchev–Trinajstić information content (AvgIpc) is 2.39. The molecule has 1 atom stereocenters. The van der Waals surface area contributed by atoms with E-state index in [0.717, 1.165) is 25.9 Å². The Bertz CT molecular complexity index is 430. The van der Waals surface area contributed by atoms with Crippen molar-refractivity contribution in [1.82, 2.24) is 10.3 Å². The smallest absolute Gasteiger partial charge is 0.266 e. The normalized spacial score (nSPS) is 24.7. The Hall–Kier alpha value is -1.62. The molecular formula is C12H15N3O2. The molecule has 0 radical (unpaired) electrons. The quantitative estimate of drug-likeness (QED) is 0.752. The molecule has 5 nitrogen and oxygen atoms in total. The van der Waals surface area contributed by atoms with Crippen molar-refractivity contribution < 1.29 is 9.53 Å². The highest BCUT2D eigenvalue weighted by Gasteiger charge is 2.35. The first-order valence-electron chi connectivity index (χ1n) is 5.98. The van der Waals surface area contributed by atoms with Gasteiger partial charge >= 0.3 is 0 Å². The molecular weight excluding hydrogens is 218 g/mol. The molecule has 1 aromatic heterocycles. The van der Waals surface area contributed by atoms with Gasteiger partial charge in [0, 0.05) is 12.1 Å². The van der Waals surface area contributed by atoms with Gasteiger partial charge in [-0.05, 0) is 38.1 Å². The van der Waals surface area contributed by atoms with Crippen LogP contribution >= 0.6 is 0 Å². The lowest BCUT2D eigenvalue weighted by Gasteiger charge is -2.33. The fraction of sp³-hybridized carbons (Fsp3) is 0.500. The summed E-state index contributed by atoms with van der Waals surface area (Å²) in [7, 11) is 0. The van der Waals surface area contributed by atoms with Crippen LogP contribution in [0.25, 0.3) is 0 Å². The van der Waals surface area contributed by atoms with Crippen molar-refractivity contribution in [2.75, 3.05) is 18.4 Å². The van der Waals surface area contributed by atoms with Crippen molar-refractivity contribution in [2.24, 2.45) is 5.92 Å². The van der Waals surface area contributed by atoms with Crippen molar-refractivity contribution in [2.45, 2.75) is 18.9 Å². The number of amides is 1. The molecule has 1 unspecified atom stereocenters. The van der Waals surface area contributed by atoms with Gasteiger partial charge in [0.15, 0.2) is 17.7 Å². The Morgan fingerprint density at radius 3 is 3.00 bits per heavy atom. The van der Waals surface area contributed by atoms with E-state index in [0.29, 0.717) is 17.5 Å². The SMILES string of the molecule is O=C1Nc2ncccc2OC1C1CCNCC1. The lowest BCUT2D eigenvalue weighted by atomic mass is 9.91. The van der Waals surface area contributed by atoms with Crippen molar-refractivity contribution in [3.8, 4) is 5.75 Å². The van der Waals surface area contributed by atoms with Gasteiger partial charge in [-0.1, -0.05) is 0 Å². The minimum absolute atomic E-state index is 0.0666. The minimum atomic E-state index is -0.367. The van der Waals surface area contributed by atoms with E-state index >= 15 is 0 Å². The molecule has 1 saturated heterocycles. The summed E-state index contributed by atoms with van der Waals surface area (Å²) in [6.45, 7) is 1.91. The molecule has 1 fully saturated rings. The molecule has 0 bridgehead atoms. The van der Waals surface area contributed by atoms with Crippen LogP contribution in [0.15, 0.2) is 18.3 Å². The molecule has 1 amide bonds. The fourth-order valence-electron chi connectivity index (χ4n) is 2.41. The standard InChI is InChI=1S/C12H15N3O2/c16-12-10(8-3-6-13-7-4-8)17-9-2-1-5-14-11(9)15-12/h1-2,5,8,10,13H,3-4,6-7H2,(H,14,15,16). The van der Waals surface area contributed by atoms with Crippen LogP contribution in [-0.2, 0) is 4.79 Å². The third-order valence-corrected chi connectivity index (χ3v) is 3.34. The van der Waals surface area contributed by atoms with Crippen molar-refractivity contribution in [3.63, 3.8) is 0 Å². The number of fused-ring (bicyclic) bond motifs is 1. The molecule has 0 saturated carbocycles. The topological polar surface area (TPSA) is 63.2 Å². The Labute approximate surface area is 99.6 Å². The summed E-state index contributed by atoms with van der Waals surface area (Å²) in [6.07, 6.45) is 3.24. The van der Waals surface area contributed by atoms with E-state index in [2.05, 4.69) is 15.6 Å². The Balaban J connectivity index is 1.81. The number of hydrogen-bond acceptors (Lipinski definition) is 4. The first kappa shape index (κ1) is 10.5. The first-order valence-corrected chi connectivity index (χ1v) is 5.98. The number of nitrogens with one attached hydrogen (secondary N) is 2. The zero-order valence-electron chi connectivity index (χ0n) is 9.48. The number of carbonyl (C=O) groups is 1. The summed E-state index contributed by atoms with van der Waals surface area (Å²) in [5.74, 6) is 1.44. The number of anilines is 1. The zero-order valence-corrected chi connectivity index (χ0v) is 9.48. The van der Waals surface area contributed by atoms with Gasteiger partial charge in [0.2, 0.25) is 0 Å². The van der Waals surface area contributed by atoms with Gasteiger partial charge in [-0.25, -0.2) is 4.98 Å². The van der Waals surface area contributed by atoms with Crippen LogP contribution in [-0.4, -0.2) is 30.1 Å². The van der Waals surface area contributed by atoms with E-state index < -0.39 is 0 Å². The van der Waals surface area contributed by atoms with Gasteiger partial charge in [-0.15, -0.1) is 0 Å². The zero-order chi connectivity index (χ0) is 11.7. The molecule has 0 aliphatic carbocycles. The highest BCUT2D eigenvalue weighted by Crippen LogP contribution is 2.31. The summed E-state index contributed by atoms with van der Waals surface area (Å²) in [4.78, 5) is 16.0. The Morgan fingerprint density at radius 1 is 1.35 bits per heavy atom. The fourth-order valence-corrected chi connectivity index (χ4v) is 2.41. The first-order chi connectivity index (χ1) is 8.34. The minimum Gasteiger partial charge on any atom is -0.476 e. The second-order valence-electron chi connectivity index (χ2n) is 4.47. The monoisotopic (exact) mass is 233 g/mol. The maximum atomic E-state index is 12.0. The van der Waals surface area contributed by atoms with Crippen molar-refractivity contribution in [3.05, 3.63) is 18.3 Å². The van der Waals surface area contributed by atoms with Crippen LogP contribution in [0.1, 0.15) is 12.8 Å². The summed E-state index contributed by atoms with van der Waals surface area (Å²) in [5.41, 5.74) is 0. The van der Waals surface area contributed by atoms with Gasteiger partial charge in [0.05, 0.1) is 0 Å². The van der Waals surface area contributed by atoms with Gasteiger partial charge in [-0.2, -0.15) is 0 Å². The van der Waals surface area contributed by atoms with E-state index in [1.165, 1.54) is 0 Å². The van der Waals surface area contributed by atoms with Crippen LogP contribution in [0.2, 0.25) is 0 Å². The molecule has 5 heteroatoms. The van der Waals surface area contributed by atoms with E-state index in [4.69, 9.17) is 4.74 Å². The lowest BCUT2D eigenvalue weighted by Crippen LogP contribution is -2.46. The van der Waals surface area contributed by atoms with Crippen LogP contribution in [0.4, 0.5) is 5.82 Å². The predicted octanol–water partition coefficient (Wildman–Crippen LogP) is 0.781. The number of nitrogens with zero attached hydrogens (tertiary/aromatic N) is 1. The van der Waals surface area contributed by atoms with Crippen LogP contribution in [0, 0.1) is 5.92 Å². The van der Waals surface area contributed by atoms with E-state index in [9.17, 15) is 4.79 Å². The van der Waals surface area contributed by atoms with Gasteiger partial charge in [-0.3, -0.25) is 4.79 Å². The molecule has 2 aliphatic heterocycles. The van der Waals surface area contributed by atoms with Crippen molar-refractivity contribution >= 4 is 11.7 Å². The number of piperidine rings is 1. The average molecular weight is 233 g/mol. The van der Waals surface area contributed by atoms with Gasteiger partial charge in [0.1, 0.15) is 0 Å². The molecule has 2 aliphatic rings. The number of ether oxygens (including phenoxy) is 1. The number of pyridine rings is 1. The van der Waals surface area contributed by atoms with E-state index in [-0.39, 0.29) is 12.0 Å². The summed E-state index contributed by atoms with van der Waals surface area (Å²) < 4.78 is 5.78. The Morgan fingerprint density at radius 2 is 2.18 bits per heavy atom. The highest BCUT2D eigenvalue weighted by atomic mass is 16.5. The number of rotatable bonds is 1. The van der Waals surface area contributed by atoms with Crippen LogP contribution < -0.4 is 15.4 Å². The van der Waals surface area contributed by atoms with Crippen molar-refractivity contribution in [1.29, 1.82) is 0 Å². The van der Waals surface area contributed by atoms with Crippen LogP contribution in [0.3, 0.4) is 0 Å². The molecule has 0 aromatic carbocycles. The molecule has 3 heterocycles. The second kappa shape index (κ2) is 4.33. The van der Waals surface area contributed by atoms with E-state index in [1.807, 2.05) is 12.1 Å². The number of aromatic nitrogens is 1. The molecule has 2 N–H and O–H groups in total. The summed E-state index contributed by atoms with van der Waals surface area (Å²) in [6, 6.07) is 3.66. The molecule has 1 aromatic rings. The maximum absolute atomic E-state index is 12.0. The summed E-state index contributed by atoms with van der Waals surface area (Å²) in [5, 5.41) is 6.10. The van der Waals surface area contributed by atoms with Gasteiger partial charge < -0.3 is 15.4 Å². The molecule has 90 valence electrons. The third-order valence-electron chi connectivity index (χ3n) is 3.34. The van der Waals surface area contributed by atoms with E-state index in [1.54, 1.807) is 6.20 Å². The predicted molar refractivity (Wildman–Crippen MR) is 62.9 cm³/mol. The second-order valence-corrected chi connectivity index (χ2v) is 4.47. The molecule has 0 spiro atoms. The highest BCUT2D eigenvalue weighted by molar-refractivity contribution is 5.96. The third kappa shape index (κ3) is 1.98. The number of hydrogen-bond donors (Lipinski definition) is 2. The largest absolute Gasteiger partial charge is 0.476 e. The lowest BCUT2D eigenvalue weighted by molar-refractivity contribution is -0.126. The maximum Gasteiger partial charge on any atom is 0.266 e. The molecule has 17 heavy (non-hydrogen) atoms.